The van der Waals surface area contributed by atoms with Gasteiger partial charge in [0.1, 0.15) is 5.65 Å². The Morgan fingerprint density at radius 2 is 1.85 bits per heavy atom. The third-order valence-electron chi connectivity index (χ3n) is 5.70. The van der Waals surface area contributed by atoms with Crippen LogP contribution in [0.1, 0.15) is 22.5 Å². The highest BCUT2D eigenvalue weighted by Gasteiger charge is 2.47. The standard InChI is InChI=1S/C23H17F5N4O2/c24-22(25)9-11-32(13-18(22)34-19-8-7-14-4-1-2-6-16(14)29-19)21(33)15-5-3-10-31-12-17(23(26,27)28)30-20(15)31/h1-8,10,12,18H,9,11,13H2. The molecule has 1 aromatic carbocycles. The SMILES string of the molecule is O=C(c1cccn2cc(C(F)(F)F)nc12)N1CCC(F)(F)C(Oc2ccc3ccccc3n2)C1. The summed E-state index contributed by atoms with van der Waals surface area (Å²) in [4.78, 5) is 22.1. The lowest BCUT2D eigenvalue weighted by Crippen LogP contribution is -2.55. The van der Waals surface area contributed by atoms with Crippen molar-refractivity contribution in [2.24, 2.45) is 0 Å². The fraction of sp³-hybridized carbons (Fsp3) is 0.261. The second kappa shape index (κ2) is 7.93. The largest absolute Gasteiger partial charge is 0.466 e. The molecule has 4 heterocycles. The maximum Gasteiger partial charge on any atom is 0.434 e. The van der Waals surface area contributed by atoms with Crippen LogP contribution in [0.2, 0.25) is 0 Å². The Kier molecular flexibility index (Phi) is 5.14. The van der Waals surface area contributed by atoms with Crippen molar-refractivity contribution in [2.45, 2.75) is 24.6 Å². The van der Waals surface area contributed by atoms with Crippen LogP contribution in [0.4, 0.5) is 22.0 Å². The van der Waals surface area contributed by atoms with Crippen molar-refractivity contribution in [1.29, 1.82) is 0 Å². The van der Waals surface area contributed by atoms with Crippen molar-refractivity contribution in [3.63, 3.8) is 0 Å². The topological polar surface area (TPSA) is 59.7 Å². The smallest absolute Gasteiger partial charge is 0.434 e. The monoisotopic (exact) mass is 476 g/mol. The quantitative estimate of drug-likeness (QED) is 0.398. The lowest BCUT2D eigenvalue weighted by molar-refractivity contribution is -0.140. The van der Waals surface area contributed by atoms with E-state index in [0.29, 0.717) is 5.52 Å². The van der Waals surface area contributed by atoms with Crippen molar-refractivity contribution < 1.29 is 31.5 Å². The molecule has 1 saturated heterocycles. The molecular weight excluding hydrogens is 459 g/mol. The molecule has 0 bridgehead atoms. The minimum Gasteiger partial charge on any atom is -0.466 e. The maximum absolute atomic E-state index is 14.7. The lowest BCUT2D eigenvalue weighted by Gasteiger charge is -2.38. The van der Waals surface area contributed by atoms with Gasteiger partial charge >= 0.3 is 6.18 Å². The van der Waals surface area contributed by atoms with E-state index in [1.54, 1.807) is 18.2 Å². The number of nitrogens with zero attached hydrogens (tertiary/aromatic N) is 4. The fourth-order valence-electron chi connectivity index (χ4n) is 3.92. The molecule has 0 N–H and O–H groups in total. The molecule has 1 unspecified atom stereocenters. The van der Waals surface area contributed by atoms with Crippen LogP contribution in [0, 0.1) is 0 Å². The number of para-hydroxylation sites is 1. The molecule has 1 aliphatic rings. The average molecular weight is 476 g/mol. The van der Waals surface area contributed by atoms with Crippen molar-refractivity contribution in [3.8, 4) is 5.88 Å². The molecule has 6 nitrogen and oxygen atoms in total. The summed E-state index contributed by atoms with van der Waals surface area (Å²) in [7, 11) is 0. The van der Waals surface area contributed by atoms with Gasteiger partial charge in [0.15, 0.2) is 11.8 Å². The number of carbonyl (C=O) groups excluding carboxylic acids is 1. The molecule has 11 heteroatoms. The number of aromatic nitrogens is 3. The molecule has 176 valence electrons. The van der Waals surface area contributed by atoms with E-state index < -0.39 is 42.8 Å². The Bertz CT molecular complexity index is 1380. The Morgan fingerprint density at radius 3 is 2.65 bits per heavy atom. The molecule has 34 heavy (non-hydrogen) atoms. The number of halogens is 5. The van der Waals surface area contributed by atoms with Gasteiger partial charge in [0.2, 0.25) is 5.88 Å². The molecule has 0 spiro atoms. The second-order valence-corrected chi connectivity index (χ2v) is 7.99. The summed E-state index contributed by atoms with van der Waals surface area (Å²) in [5.41, 5.74) is -0.906. The summed E-state index contributed by atoms with van der Waals surface area (Å²) in [6, 6.07) is 13.0. The predicted octanol–water partition coefficient (Wildman–Crippen LogP) is 4.83. The summed E-state index contributed by atoms with van der Waals surface area (Å²) in [6.45, 7) is -0.751. The first-order valence-electron chi connectivity index (χ1n) is 10.4. The van der Waals surface area contributed by atoms with Crippen LogP contribution in [0.3, 0.4) is 0 Å². The van der Waals surface area contributed by atoms with E-state index in [2.05, 4.69) is 9.97 Å². The molecular formula is C23H17F5N4O2. The number of hydrogen-bond donors (Lipinski definition) is 0. The molecule has 1 aliphatic heterocycles. The lowest BCUT2D eigenvalue weighted by atomic mass is 10.0. The zero-order valence-electron chi connectivity index (χ0n) is 17.5. The molecule has 1 atom stereocenters. The number of amides is 1. The number of rotatable bonds is 3. The van der Waals surface area contributed by atoms with Gasteiger partial charge in [-0.3, -0.25) is 4.79 Å². The van der Waals surface area contributed by atoms with Crippen LogP contribution < -0.4 is 4.74 Å². The minimum atomic E-state index is -4.69. The number of alkyl halides is 5. The van der Waals surface area contributed by atoms with Crippen molar-refractivity contribution in [2.75, 3.05) is 13.1 Å². The zero-order chi connectivity index (χ0) is 24.1. The number of pyridine rings is 2. The Labute approximate surface area is 189 Å². The summed E-state index contributed by atoms with van der Waals surface area (Å²) in [5, 5.41) is 0.813. The number of ether oxygens (including phenoxy) is 1. The van der Waals surface area contributed by atoms with Gasteiger partial charge in [-0.05, 0) is 24.3 Å². The number of carbonyl (C=O) groups is 1. The Balaban J connectivity index is 1.41. The van der Waals surface area contributed by atoms with Crippen LogP contribution in [0.5, 0.6) is 5.88 Å². The molecule has 1 fully saturated rings. The molecule has 5 rings (SSSR count). The predicted molar refractivity (Wildman–Crippen MR) is 112 cm³/mol. The molecule has 0 radical (unpaired) electrons. The van der Waals surface area contributed by atoms with E-state index in [1.807, 2.05) is 12.1 Å². The fourth-order valence-corrected chi connectivity index (χ4v) is 3.92. The normalized spacial score (nSPS) is 18.4. The number of likely N-dealkylation sites (tertiary alicyclic amines) is 1. The van der Waals surface area contributed by atoms with Crippen LogP contribution in [0.25, 0.3) is 16.6 Å². The van der Waals surface area contributed by atoms with Gasteiger partial charge in [-0.1, -0.05) is 18.2 Å². The maximum atomic E-state index is 14.7. The summed E-state index contributed by atoms with van der Waals surface area (Å²) in [6.07, 6.45) is -4.93. The van der Waals surface area contributed by atoms with E-state index in [1.165, 1.54) is 24.4 Å². The summed E-state index contributed by atoms with van der Waals surface area (Å²) >= 11 is 0. The number of benzene rings is 1. The zero-order valence-corrected chi connectivity index (χ0v) is 17.5. The number of imidazole rings is 1. The van der Waals surface area contributed by atoms with E-state index >= 15 is 0 Å². The third-order valence-corrected chi connectivity index (χ3v) is 5.70. The highest BCUT2D eigenvalue weighted by atomic mass is 19.4. The number of piperidine rings is 1. The van der Waals surface area contributed by atoms with Crippen LogP contribution in [-0.2, 0) is 6.18 Å². The third kappa shape index (κ3) is 4.02. The van der Waals surface area contributed by atoms with Crippen molar-refractivity contribution in [3.05, 3.63) is 72.2 Å². The molecule has 0 saturated carbocycles. The Hall–Kier alpha value is -3.76. The second-order valence-electron chi connectivity index (χ2n) is 7.99. The van der Waals surface area contributed by atoms with E-state index in [9.17, 15) is 26.7 Å². The van der Waals surface area contributed by atoms with Gasteiger partial charge in [0, 0.05) is 36.8 Å². The van der Waals surface area contributed by atoms with Gasteiger partial charge in [0.05, 0.1) is 17.6 Å². The van der Waals surface area contributed by atoms with Gasteiger partial charge in [-0.25, -0.2) is 18.7 Å². The molecule has 0 aliphatic carbocycles. The number of hydrogen-bond acceptors (Lipinski definition) is 4. The minimum absolute atomic E-state index is 0.0112. The summed E-state index contributed by atoms with van der Waals surface area (Å²) < 4.78 is 75.2. The molecule has 4 aromatic rings. The summed E-state index contributed by atoms with van der Waals surface area (Å²) in [5.74, 6) is -3.95. The average Bonchev–Trinajstić information content (AvgIpc) is 3.25. The van der Waals surface area contributed by atoms with E-state index in [0.717, 1.165) is 20.9 Å². The van der Waals surface area contributed by atoms with Gasteiger partial charge in [-0.15, -0.1) is 0 Å². The van der Waals surface area contributed by atoms with Gasteiger partial charge < -0.3 is 14.0 Å². The molecule has 1 amide bonds. The van der Waals surface area contributed by atoms with Crippen LogP contribution in [0.15, 0.2) is 60.9 Å². The van der Waals surface area contributed by atoms with Crippen LogP contribution >= 0.6 is 0 Å². The first kappa shape index (κ1) is 22.1. The van der Waals surface area contributed by atoms with E-state index in [4.69, 9.17) is 4.74 Å². The van der Waals surface area contributed by atoms with Crippen molar-refractivity contribution in [1.82, 2.24) is 19.3 Å². The highest BCUT2D eigenvalue weighted by Crippen LogP contribution is 2.33. The van der Waals surface area contributed by atoms with Gasteiger partial charge in [-0.2, -0.15) is 13.2 Å². The number of fused-ring (bicyclic) bond motifs is 2. The first-order valence-corrected chi connectivity index (χ1v) is 10.4. The van der Waals surface area contributed by atoms with Crippen molar-refractivity contribution >= 4 is 22.5 Å². The first-order chi connectivity index (χ1) is 16.1. The van der Waals surface area contributed by atoms with E-state index in [-0.39, 0.29) is 23.6 Å². The highest BCUT2D eigenvalue weighted by molar-refractivity contribution is 6.00. The molecule has 3 aromatic heterocycles. The van der Waals surface area contributed by atoms with Crippen LogP contribution in [-0.4, -0.2) is 50.3 Å². The van der Waals surface area contributed by atoms with Gasteiger partial charge in [0.25, 0.3) is 11.8 Å². The Morgan fingerprint density at radius 1 is 1.06 bits per heavy atom.